The van der Waals surface area contributed by atoms with Crippen molar-refractivity contribution in [2.45, 2.75) is 12.5 Å². The molecule has 3 aromatic rings. The number of carbonyl (C=O) groups is 2. The number of anilines is 1. The van der Waals surface area contributed by atoms with Crippen molar-refractivity contribution in [3.8, 4) is 0 Å². The molecule has 0 fully saturated rings. The van der Waals surface area contributed by atoms with Crippen LogP contribution >= 0.6 is 11.6 Å². The molecule has 1 heterocycles. The number of nitrogens with zero attached hydrogens (tertiary/aromatic N) is 1. The molecule has 0 amide bonds. The first-order valence-corrected chi connectivity index (χ1v) is 8.60. The number of aromatic nitrogens is 1. The summed E-state index contributed by atoms with van der Waals surface area (Å²) in [7, 11) is 3.75. The number of fused-ring (bicyclic) bond motifs is 1. The highest BCUT2D eigenvalue weighted by molar-refractivity contribution is 6.20. The molecule has 1 unspecified atom stereocenters. The Morgan fingerprint density at radius 2 is 1.77 bits per heavy atom. The predicted molar refractivity (Wildman–Crippen MR) is 103 cm³/mol. The number of benzene rings is 2. The fourth-order valence-corrected chi connectivity index (χ4v) is 2.97. The molecule has 0 aliphatic carbocycles. The van der Waals surface area contributed by atoms with E-state index in [0.717, 1.165) is 11.1 Å². The van der Waals surface area contributed by atoms with Gasteiger partial charge in [-0.15, -0.1) is 0 Å². The van der Waals surface area contributed by atoms with E-state index < -0.39 is 11.5 Å². The van der Waals surface area contributed by atoms with Gasteiger partial charge in [0.05, 0.1) is 11.3 Å². The van der Waals surface area contributed by atoms with E-state index in [4.69, 9.17) is 16.3 Å². The molecule has 0 bridgehead atoms. The van der Waals surface area contributed by atoms with Crippen LogP contribution in [0, 0.1) is 0 Å². The van der Waals surface area contributed by atoms with Gasteiger partial charge in [0.1, 0.15) is 5.69 Å². The number of hydrogen-bond donors (Lipinski definition) is 1. The fraction of sp³-hybridized carbons (Fsp3) is 0.200. The lowest BCUT2D eigenvalue weighted by molar-refractivity contribution is 0.0472. The molecule has 0 aliphatic rings. The Kier molecular flexibility index (Phi) is 5.00. The van der Waals surface area contributed by atoms with Gasteiger partial charge in [0.25, 0.3) is 0 Å². The highest BCUT2D eigenvalue weighted by atomic mass is 35.5. The zero-order chi connectivity index (χ0) is 18.8. The van der Waals surface area contributed by atoms with Crippen LogP contribution in [0.5, 0.6) is 0 Å². The van der Waals surface area contributed by atoms with Crippen LogP contribution in [0.1, 0.15) is 33.3 Å². The average Bonchev–Trinajstić information content (AvgIpc) is 3.00. The second kappa shape index (κ2) is 7.22. The summed E-state index contributed by atoms with van der Waals surface area (Å²) >= 11 is 5.72. The summed E-state index contributed by atoms with van der Waals surface area (Å²) in [4.78, 5) is 30.1. The molecular weight excluding hydrogens is 352 g/mol. The van der Waals surface area contributed by atoms with Gasteiger partial charge >= 0.3 is 5.97 Å². The van der Waals surface area contributed by atoms with E-state index >= 15 is 0 Å². The second-order valence-corrected chi connectivity index (χ2v) is 6.76. The Balaban J connectivity index is 2.10. The lowest BCUT2D eigenvalue weighted by Crippen LogP contribution is -2.13. The van der Waals surface area contributed by atoms with Crippen molar-refractivity contribution in [3.63, 3.8) is 0 Å². The van der Waals surface area contributed by atoms with Crippen molar-refractivity contribution >= 4 is 39.9 Å². The SMILES string of the molecule is CC(Cl)OC(=O)c1ccc2c(N(C)C)c(C(=O)c3ccccc3)[nH]c2c1. The van der Waals surface area contributed by atoms with Gasteiger partial charge in [0.15, 0.2) is 5.56 Å². The van der Waals surface area contributed by atoms with Gasteiger partial charge in [-0.2, -0.15) is 0 Å². The second-order valence-electron chi connectivity index (χ2n) is 6.15. The highest BCUT2D eigenvalue weighted by Gasteiger charge is 2.21. The van der Waals surface area contributed by atoms with Crippen LogP contribution in [0.25, 0.3) is 10.9 Å². The van der Waals surface area contributed by atoms with Gasteiger partial charge in [-0.3, -0.25) is 4.79 Å². The van der Waals surface area contributed by atoms with Gasteiger partial charge in [0, 0.05) is 30.6 Å². The van der Waals surface area contributed by atoms with E-state index in [0.29, 0.717) is 22.3 Å². The number of nitrogens with one attached hydrogen (secondary N) is 1. The van der Waals surface area contributed by atoms with Crippen molar-refractivity contribution in [3.05, 3.63) is 65.4 Å². The van der Waals surface area contributed by atoms with E-state index in [9.17, 15) is 9.59 Å². The van der Waals surface area contributed by atoms with Crippen molar-refractivity contribution in [2.75, 3.05) is 19.0 Å². The first-order valence-electron chi connectivity index (χ1n) is 8.16. The van der Waals surface area contributed by atoms with Gasteiger partial charge in [0.2, 0.25) is 5.78 Å². The molecule has 1 atom stereocenters. The van der Waals surface area contributed by atoms with Crippen LogP contribution in [0.3, 0.4) is 0 Å². The number of aromatic amines is 1. The van der Waals surface area contributed by atoms with Gasteiger partial charge in [-0.05, 0) is 25.1 Å². The number of ketones is 1. The maximum atomic E-state index is 12.9. The predicted octanol–water partition coefficient (Wildman–Crippen LogP) is 4.21. The van der Waals surface area contributed by atoms with E-state index in [1.165, 1.54) is 0 Å². The summed E-state index contributed by atoms with van der Waals surface area (Å²) < 4.78 is 5.02. The summed E-state index contributed by atoms with van der Waals surface area (Å²) in [5, 5.41) is 0.852. The lowest BCUT2D eigenvalue weighted by atomic mass is 10.1. The molecule has 26 heavy (non-hydrogen) atoms. The summed E-state index contributed by atoms with van der Waals surface area (Å²) in [5.41, 5.74) is 2.19. The fourth-order valence-electron chi connectivity index (χ4n) is 2.89. The number of halogens is 1. The van der Waals surface area contributed by atoms with Crippen LogP contribution in [-0.2, 0) is 4.74 Å². The van der Waals surface area contributed by atoms with Crippen LogP contribution in [-0.4, -0.2) is 36.4 Å². The maximum absolute atomic E-state index is 12.9. The van der Waals surface area contributed by atoms with Crippen LogP contribution < -0.4 is 4.90 Å². The number of carbonyl (C=O) groups excluding carboxylic acids is 2. The van der Waals surface area contributed by atoms with Crippen molar-refractivity contribution in [1.29, 1.82) is 0 Å². The minimum atomic E-state index is -0.714. The van der Waals surface area contributed by atoms with Gasteiger partial charge in [-0.1, -0.05) is 41.9 Å². The molecule has 0 radical (unpaired) electrons. The quantitative estimate of drug-likeness (QED) is 0.415. The topological polar surface area (TPSA) is 62.4 Å². The zero-order valence-corrected chi connectivity index (χ0v) is 15.5. The van der Waals surface area contributed by atoms with Gasteiger partial charge < -0.3 is 14.6 Å². The van der Waals surface area contributed by atoms with E-state index in [-0.39, 0.29) is 5.78 Å². The van der Waals surface area contributed by atoms with Crippen molar-refractivity contribution in [1.82, 2.24) is 4.98 Å². The molecule has 2 aromatic carbocycles. The summed E-state index contributed by atoms with van der Waals surface area (Å²) in [6.07, 6.45) is 0. The first kappa shape index (κ1) is 18.0. The average molecular weight is 371 g/mol. The summed E-state index contributed by atoms with van der Waals surface area (Å²) in [5.74, 6) is -0.615. The molecule has 1 N–H and O–H groups in total. The molecule has 0 spiro atoms. The number of ether oxygens (including phenoxy) is 1. The Morgan fingerprint density at radius 3 is 2.38 bits per heavy atom. The molecule has 0 saturated heterocycles. The van der Waals surface area contributed by atoms with Crippen LogP contribution in [0.4, 0.5) is 5.69 Å². The third-order valence-corrected chi connectivity index (χ3v) is 4.08. The van der Waals surface area contributed by atoms with E-state index in [1.807, 2.05) is 37.2 Å². The Labute approximate surface area is 156 Å². The largest absolute Gasteiger partial charge is 0.443 e. The Hall–Kier alpha value is -2.79. The maximum Gasteiger partial charge on any atom is 0.339 e. The minimum Gasteiger partial charge on any atom is -0.443 e. The smallest absolute Gasteiger partial charge is 0.339 e. The molecule has 134 valence electrons. The van der Waals surface area contributed by atoms with E-state index in [2.05, 4.69) is 4.98 Å². The lowest BCUT2D eigenvalue weighted by Gasteiger charge is -2.14. The van der Waals surface area contributed by atoms with Crippen molar-refractivity contribution < 1.29 is 14.3 Å². The molecule has 1 aromatic heterocycles. The Morgan fingerprint density at radius 1 is 1.08 bits per heavy atom. The van der Waals surface area contributed by atoms with Crippen LogP contribution in [0.15, 0.2) is 48.5 Å². The number of rotatable bonds is 5. The standard InChI is InChI=1S/C20H19ClN2O3/c1-12(21)26-20(25)14-9-10-15-16(11-14)22-17(18(15)23(2)3)19(24)13-7-5-4-6-8-13/h4-12,22H,1-3H3. The van der Waals surface area contributed by atoms with Crippen molar-refractivity contribution in [2.24, 2.45) is 0 Å². The first-order chi connectivity index (χ1) is 12.4. The number of hydrogen-bond acceptors (Lipinski definition) is 4. The number of H-pyrrole nitrogens is 1. The number of alkyl halides is 1. The summed E-state index contributed by atoms with van der Waals surface area (Å²) in [6, 6.07) is 14.2. The zero-order valence-electron chi connectivity index (χ0n) is 14.7. The summed E-state index contributed by atoms with van der Waals surface area (Å²) in [6.45, 7) is 1.58. The van der Waals surface area contributed by atoms with E-state index in [1.54, 1.807) is 37.3 Å². The highest BCUT2D eigenvalue weighted by Crippen LogP contribution is 2.32. The van der Waals surface area contributed by atoms with Gasteiger partial charge in [-0.25, -0.2) is 4.79 Å². The third-order valence-electron chi connectivity index (χ3n) is 3.99. The number of esters is 1. The molecule has 6 heteroatoms. The minimum absolute atomic E-state index is 0.107. The third kappa shape index (κ3) is 3.44. The molecule has 3 rings (SSSR count). The molecule has 5 nitrogen and oxygen atoms in total. The molecule has 0 aliphatic heterocycles. The molecular formula is C20H19ClN2O3. The van der Waals surface area contributed by atoms with Crippen LogP contribution in [0.2, 0.25) is 0 Å². The molecule has 0 saturated carbocycles. The monoisotopic (exact) mass is 370 g/mol. The Bertz CT molecular complexity index is 962. The normalized spacial score (nSPS) is 12.0.